The molecular weight excluding hydrogens is 130 g/mol. The average molecular weight is 141 g/mol. The smallest absolute Gasteiger partial charge is 0.222 e. The minimum Gasteiger partial charge on any atom is -0.313 e. The average Bonchev–Trinajstić information content (AvgIpc) is 1.82. The minimum atomic E-state index is -0.132. The molecule has 10 heavy (non-hydrogen) atoms. The van der Waals surface area contributed by atoms with E-state index in [1.54, 1.807) is 20.1 Å². The second-order valence-electron chi connectivity index (χ2n) is 1.74. The summed E-state index contributed by atoms with van der Waals surface area (Å²) in [6.45, 7) is 4.85. The van der Waals surface area contributed by atoms with Gasteiger partial charge in [0.15, 0.2) is 0 Å². The van der Waals surface area contributed by atoms with Crippen LogP contribution in [0.2, 0.25) is 0 Å². The number of nitrogens with zero attached hydrogens (tertiary/aromatic N) is 2. The predicted molar refractivity (Wildman–Crippen MR) is 41.1 cm³/mol. The lowest BCUT2D eigenvalue weighted by molar-refractivity contribution is -0.117. The molecule has 0 rings (SSSR count). The Hall–Kier alpha value is -1.19. The number of amidine groups is 1. The third kappa shape index (κ3) is 4.96. The van der Waals surface area contributed by atoms with Gasteiger partial charge in [0.1, 0.15) is 5.84 Å². The highest BCUT2D eigenvalue weighted by Gasteiger charge is 1.90. The second kappa shape index (κ2) is 4.67. The van der Waals surface area contributed by atoms with Crippen LogP contribution in [0.1, 0.15) is 20.8 Å². The fourth-order valence-corrected chi connectivity index (χ4v) is 0.424. The Morgan fingerprint density at radius 2 is 2.10 bits per heavy atom. The van der Waals surface area contributed by atoms with Gasteiger partial charge in [-0.05, 0) is 13.8 Å². The molecule has 4 heteroatoms. The molecular formula is C6H11N3O. The van der Waals surface area contributed by atoms with Gasteiger partial charge in [-0.3, -0.25) is 4.79 Å². The van der Waals surface area contributed by atoms with Crippen molar-refractivity contribution < 1.29 is 4.79 Å². The van der Waals surface area contributed by atoms with Gasteiger partial charge >= 0.3 is 0 Å². The van der Waals surface area contributed by atoms with E-state index in [0.29, 0.717) is 5.84 Å². The van der Waals surface area contributed by atoms with Gasteiger partial charge in [0.05, 0.1) is 0 Å². The summed E-state index contributed by atoms with van der Waals surface area (Å²) < 4.78 is 0. The van der Waals surface area contributed by atoms with Crippen molar-refractivity contribution in [1.29, 1.82) is 0 Å². The van der Waals surface area contributed by atoms with E-state index in [1.165, 1.54) is 6.92 Å². The van der Waals surface area contributed by atoms with Crippen LogP contribution >= 0.6 is 0 Å². The maximum absolute atomic E-state index is 10.4. The molecule has 0 aromatic heterocycles. The van der Waals surface area contributed by atoms with Crippen molar-refractivity contribution in [1.82, 2.24) is 5.32 Å². The Bertz CT molecular complexity index is 172. The molecule has 1 amide bonds. The molecule has 0 aromatic carbocycles. The summed E-state index contributed by atoms with van der Waals surface area (Å²) in [5.74, 6) is 0.373. The number of carbonyl (C=O) groups excluding carboxylic acids is 1. The summed E-state index contributed by atoms with van der Waals surface area (Å²) in [6.07, 6.45) is 1.55. The molecule has 0 spiro atoms. The van der Waals surface area contributed by atoms with Crippen LogP contribution in [0.4, 0.5) is 0 Å². The number of hydrogen-bond acceptors (Lipinski definition) is 3. The zero-order valence-corrected chi connectivity index (χ0v) is 6.38. The summed E-state index contributed by atoms with van der Waals surface area (Å²) >= 11 is 0. The fraction of sp³-hybridized carbons (Fsp3) is 0.500. The number of rotatable bonds is 1. The molecule has 0 aliphatic heterocycles. The van der Waals surface area contributed by atoms with E-state index in [9.17, 15) is 4.79 Å². The molecule has 0 fully saturated rings. The molecule has 0 aliphatic carbocycles. The number of nitrogens with one attached hydrogen (secondary N) is 1. The van der Waals surface area contributed by atoms with Gasteiger partial charge in [0.2, 0.25) is 5.91 Å². The summed E-state index contributed by atoms with van der Waals surface area (Å²) in [7, 11) is 0. The number of amides is 1. The van der Waals surface area contributed by atoms with E-state index >= 15 is 0 Å². The van der Waals surface area contributed by atoms with Gasteiger partial charge in [0.25, 0.3) is 0 Å². The molecule has 0 heterocycles. The molecule has 56 valence electrons. The van der Waals surface area contributed by atoms with Crippen molar-refractivity contribution in [2.75, 3.05) is 0 Å². The molecule has 4 nitrogen and oxygen atoms in total. The van der Waals surface area contributed by atoms with Crippen molar-refractivity contribution >= 4 is 18.0 Å². The minimum absolute atomic E-state index is 0.132. The van der Waals surface area contributed by atoms with Crippen molar-refractivity contribution in [3.8, 4) is 0 Å². The fourth-order valence-electron chi connectivity index (χ4n) is 0.424. The SMILES string of the molecule is CC=NN=C(C)NC(C)=O. The lowest BCUT2D eigenvalue weighted by Crippen LogP contribution is -2.24. The molecule has 0 atom stereocenters. The Balaban J connectivity index is 3.82. The first-order valence-corrected chi connectivity index (χ1v) is 2.96. The van der Waals surface area contributed by atoms with Crippen LogP contribution < -0.4 is 5.32 Å². The van der Waals surface area contributed by atoms with Crippen molar-refractivity contribution in [3.63, 3.8) is 0 Å². The molecule has 0 aliphatic rings. The second-order valence-corrected chi connectivity index (χ2v) is 1.74. The quantitative estimate of drug-likeness (QED) is 0.323. The van der Waals surface area contributed by atoms with E-state index in [1.807, 2.05) is 0 Å². The number of hydrogen-bond donors (Lipinski definition) is 1. The molecule has 0 saturated heterocycles. The van der Waals surface area contributed by atoms with E-state index in [2.05, 4.69) is 15.5 Å². The molecule has 0 bridgehead atoms. The van der Waals surface area contributed by atoms with Crippen LogP contribution in [-0.2, 0) is 4.79 Å². The molecule has 0 unspecified atom stereocenters. The van der Waals surface area contributed by atoms with Gasteiger partial charge in [0, 0.05) is 13.1 Å². The van der Waals surface area contributed by atoms with E-state index in [-0.39, 0.29) is 5.91 Å². The Kier molecular flexibility index (Phi) is 4.11. The molecule has 0 aromatic rings. The highest BCUT2D eigenvalue weighted by atomic mass is 16.1. The topological polar surface area (TPSA) is 53.8 Å². The molecule has 1 N–H and O–H groups in total. The van der Waals surface area contributed by atoms with Crippen LogP contribution in [0.25, 0.3) is 0 Å². The molecule has 0 radical (unpaired) electrons. The monoisotopic (exact) mass is 141 g/mol. The maximum Gasteiger partial charge on any atom is 0.222 e. The highest BCUT2D eigenvalue weighted by molar-refractivity contribution is 5.95. The van der Waals surface area contributed by atoms with E-state index < -0.39 is 0 Å². The van der Waals surface area contributed by atoms with Gasteiger partial charge in [-0.1, -0.05) is 0 Å². The first-order valence-electron chi connectivity index (χ1n) is 2.96. The summed E-state index contributed by atoms with van der Waals surface area (Å²) in [5, 5.41) is 9.68. The standard InChI is InChI=1S/C6H11N3O/c1-4-7-9-5(2)8-6(3)10/h4H,1-3H3,(H,8,9,10). The summed E-state index contributed by atoms with van der Waals surface area (Å²) in [5.41, 5.74) is 0. The van der Waals surface area contributed by atoms with Crippen LogP contribution in [0.3, 0.4) is 0 Å². The van der Waals surface area contributed by atoms with Gasteiger partial charge in [-0.2, -0.15) is 5.10 Å². The van der Waals surface area contributed by atoms with Crippen LogP contribution in [0, 0.1) is 0 Å². The summed E-state index contributed by atoms with van der Waals surface area (Å²) in [6, 6.07) is 0. The predicted octanol–water partition coefficient (Wildman–Crippen LogP) is 0.547. The first kappa shape index (κ1) is 8.81. The van der Waals surface area contributed by atoms with E-state index in [0.717, 1.165) is 0 Å². The Morgan fingerprint density at radius 1 is 1.50 bits per heavy atom. The largest absolute Gasteiger partial charge is 0.313 e. The van der Waals surface area contributed by atoms with Gasteiger partial charge < -0.3 is 5.32 Å². The van der Waals surface area contributed by atoms with Crippen molar-refractivity contribution in [2.24, 2.45) is 10.2 Å². The van der Waals surface area contributed by atoms with Crippen LogP contribution in [-0.4, -0.2) is 18.0 Å². The van der Waals surface area contributed by atoms with Crippen molar-refractivity contribution in [3.05, 3.63) is 0 Å². The lowest BCUT2D eigenvalue weighted by atomic mass is 10.6. The van der Waals surface area contributed by atoms with E-state index in [4.69, 9.17) is 0 Å². The lowest BCUT2D eigenvalue weighted by Gasteiger charge is -1.95. The van der Waals surface area contributed by atoms with Crippen LogP contribution in [0.15, 0.2) is 10.2 Å². The van der Waals surface area contributed by atoms with Gasteiger partial charge in [-0.15, -0.1) is 5.10 Å². The molecule has 0 saturated carbocycles. The van der Waals surface area contributed by atoms with Crippen molar-refractivity contribution in [2.45, 2.75) is 20.8 Å². The highest BCUT2D eigenvalue weighted by Crippen LogP contribution is 1.73. The summed E-state index contributed by atoms with van der Waals surface area (Å²) in [4.78, 5) is 10.4. The third-order valence-corrected chi connectivity index (χ3v) is 0.680. The zero-order chi connectivity index (χ0) is 7.98. The first-order chi connectivity index (χ1) is 4.66. The maximum atomic E-state index is 10.4. The van der Waals surface area contributed by atoms with Crippen LogP contribution in [0.5, 0.6) is 0 Å². The Labute approximate surface area is 60.0 Å². The van der Waals surface area contributed by atoms with Gasteiger partial charge in [-0.25, -0.2) is 0 Å². The zero-order valence-electron chi connectivity index (χ0n) is 6.38. The normalized spacial score (nSPS) is 12.1. The Morgan fingerprint density at radius 3 is 2.50 bits per heavy atom. The third-order valence-electron chi connectivity index (χ3n) is 0.680. The number of carbonyl (C=O) groups is 1.